The highest BCUT2D eigenvalue weighted by Crippen LogP contribution is 2.30. The fourth-order valence-corrected chi connectivity index (χ4v) is 3.49. The number of benzene rings is 2. The summed E-state index contributed by atoms with van der Waals surface area (Å²) < 4.78 is 14.8. The summed E-state index contributed by atoms with van der Waals surface area (Å²) in [5.41, 5.74) is 3.05. The van der Waals surface area contributed by atoms with E-state index in [-0.39, 0.29) is 18.3 Å². The molecule has 0 bridgehead atoms. The lowest BCUT2D eigenvalue weighted by molar-refractivity contribution is 0.0764. The Morgan fingerprint density at radius 2 is 2.10 bits per heavy atom. The highest BCUT2D eigenvalue weighted by atomic mass is 79.9. The van der Waals surface area contributed by atoms with E-state index in [0.29, 0.717) is 17.1 Å². The van der Waals surface area contributed by atoms with E-state index >= 15 is 0 Å². The standard InChI is InChI=1S/C16H12BrClFNO/c1-9-4-12(17)5-11-8-20(16(21)15(9)11)7-10-6-13(18)2-3-14(10)19/h2-6H,7-8H2,1H3. The summed E-state index contributed by atoms with van der Waals surface area (Å²) in [5.74, 6) is -0.407. The molecule has 0 atom stereocenters. The van der Waals surface area contributed by atoms with Crippen LogP contribution in [0.1, 0.15) is 27.0 Å². The summed E-state index contributed by atoms with van der Waals surface area (Å²) in [6.45, 7) is 2.61. The van der Waals surface area contributed by atoms with Crippen LogP contribution in [0.25, 0.3) is 0 Å². The Morgan fingerprint density at radius 1 is 1.33 bits per heavy atom. The monoisotopic (exact) mass is 367 g/mol. The van der Waals surface area contributed by atoms with Crippen LogP contribution in [-0.4, -0.2) is 10.8 Å². The maximum Gasteiger partial charge on any atom is 0.255 e. The first kappa shape index (κ1) is 14.5. The molecule has 2 aromatic rings. The molecule has 2 aromatic carbocycles. The van der Waals surface area contributed by atoms with Gasteiger partial charge in [-0.05, 0) is 48.4 Å². The molecule has 1 heterocycles. The molecule has 0 fully saturated rings. The molecular formula is C16H12BrClFNO. The largest absolute Gasteiger partial charge is 0.330 e. The Balaban J connectivity index is 1.92. The van der Waals surface area contributed by atoms with Gasteiger partial charge in [0.05, 0.1) is 0 Å². The fraction of sp³-hybridized carbons (Fsp3) is 0.188. The highest BCUT2D eigenvalue weighted by molar-refractivity contribution is 9.10. The van der Waals surface area contributed by atoms with Crippen LogP contribution in [0.2, 0.25) is 5.02 Å². The molecule has 0 N–H and O–H groups in total. The SMILES string of the molecule is Cc1cc(Br)cc2c1C(=O)N(Cc1cc(Cl)ccc1F)C2. The lowest BCUT2D eigenvalue weighted by atomic mass is 10.0. The van der Waals surface area contributed by atoms with Crippen molar-refractivity contribution in [3.63, 3.8) is 0 Å². The normalized spacial score (nSPS) is 13.7. The molecule has 108 valence electrons. The molecule has 5 heteroatoms. The van der Waals surface area contributed by atoms with E-state index in [9.17, 15) is 9.18 Å². The van der Waals surface area contributed by atoms with Gasteiger partial charge in [0.25, 0.3) is 5.91 Å². The summed E-state index contributed by atoms with van der Waals surface area (Å²) in [6, 6.07) is 8.25. The van der Waals surface area contributed by atoms with Crippen molar-refractivity contribution in [3.05, 3.63) is 67.9 Å². The lowest BCUT2D eigenvalue weighted by Gasteiger charge is -2.16. The first-order chi connectivity index (χ1) is 9.95. The van der Waals surface area contributed by atoms with Gasteiger partial charge in [-0.25, -0.2) is 4.39 Å². The number of nitrogens with zero attached hydrogens (tertiary/aromatic N) is 1. The zero-order chi connectivity index (χ0) is 15.1. The fourth-order valence-electron chi connectivity index (χ4n) is 2.68. The van der Waals surface area contributed by atoms with E-state index in [1.807, 2.05) is 19.1 Å². The first-order valence-electron chi connectivity index (χ1n) is 6.48. The number of carbonyl (C=O) groups excluding carboxylic acids is 1. The molecule has 0 spiro atoms. The maximum atomic E-state index is 13.8. The van der Waals surface area contributed by atoms with Gasteiger partial charge < -0.3 is 4.90 Å². The molecule has 21 heavy (non-hydrogen) atoms. The summed E-state index contributed by atoms with van der Waals surface area (Å²) in [7, 11) is 0. The lowest BCUT2D eigenvalue weighted by Crippen LogP contribution is -2.24. The molecule has 0 unspecified atom stereocenters. The second-order valence-corrected chi connectivity index (χ2v) is 6.51. The zero-order valence-corrected chi connectivity index (χ0v) is 13.6. The number of rotatable bonds is 2. The third-order valence-electron chi connectivity index (χ3n) is 3.61. The van der Waals surface area contributed by atoms with E-state index in [2.05, 4.69) is 15.9 Å². The van der Waals surface area contributed by atoms with Gasteiger partial charge in [-0.2, -0.15) is 0 Å². The van der Waals surface area contributed by atoms with Crippen LogP contribution >= 0.6 is 27.5 Å². The third kappa shape index (κ3) is 2.70. The minimum Gasteiger partial charge on any atom is -0.330 e. The quantitative estimate of drug-likeness (QED) is 0.752. The number of halogens is 3. The van der Waals surface area contributed by atoms with Crippen molar-refractivity contribution >= 4 is 33.4 Å². The number of hydrogen-bond donors (Lipinski definition) is 0. The zero-order valence-electron chi connectivity index (χ0n) is 11.3. The third-order valence-corrected chi connectivity index (χ3v) is 4.31. The van der Waals surface area contributed by atoms with Crippen LogP contribution in [0, 0.1) is 12.7 Å². The van der Waals surface area contributed by atoms with E-state index in [1.165, 1.54) is 12.1 Å². The molecule has 1 amide bonds. The average Bonchev–Trinajstić information content (AvgIpc) is 2.70. The van der Waals surface area contributed by atoms with E-state index in [0.717, 1.165) is 21.2 Å². The second-order valence-electron chi connectivity index (χ2n) is 5.15. The molecule has 0 radical (unpaired) electrons. The van der Waals surface area contributed by atoms with Crippen molar-refractivity contribution in [2.45, 2.75) is 20.0 Å². The average molecular weight is 369 g/mol. The number of hydrogen-bond acceptors (Lipinski definition) is 1. The Bertz CT molecular complexity index is 747. The molecule has 0 saturated heterocycles. The van der Waals surface area contributed by atoms with Crippen molar-refractivity contribution in [1.82, 2.24) is 4.90 Å². The number of fused-ring (bicyclic) bond motifs is 1. The topological polar surface area (TPSA) is 20.3 Å². The van der Waals surface area contributed by atoms with Crippen molar-refractivity contribution in [3.8, 4) is 0 Å². The maximum absolute atomic E-state index is 13.8. The van der Waals surface area contributed by atoms with Gasteiger partial charge in [0.2, 0.25) is 0 Å². The molecule has 0 aliphatic carbocycles. The smallest absolute Gasteiger partial charge is 0.255 e. The second kappa shape index (κ2) is 5.43. The summed E-state index contributed by atoms with van der Waals surface area (Å²) in [5, 5.41) is 0.467. The van der Waals surface area contributed by atoms with Crippen LogP contribution < -0.4 is 0 Å². The van der Waals surface area contributed by atoms with Gasteiger partial charge in [-0.1, -0.05) is 27.5 Å². The van der Waals surface area contributed by atoms with Crippen LogP contribution in [-0.2, 0) is 13.1 Å². The van der Waals surface area contributed by atoms with E-state index < -0.39 is 0 Å². The van der Waals surface area contributed by atoms with Gasteiger partial charge in [0.15, 0.2) is 0 Å². The van der Waals surface area contributed by atoms with Gasteiger partial charge in [0, 0.05) is 33.7 Å². The number of aryl methyl sites for hydroxylation is 1. The minimum absolute atomic E-state index is 0.0608. The van der Waals surface area contributed by atoms with Crippen molar-refractivity contribution in [2.24, 2.45) is 0 Å². The molecule has 3 rings (SSSR count). The van der Waals surface area contributed by atoms with E-state index in [1.54, 1.807) is 11.0 Å². The van der Waals surface area contributed by atoms with Crippen molar-refractivity contribution in [2.75, 3.05) is 0 Å². The van der Waals surface area contributed by atoms with Crippen LogP contribution in [0.3, 0.4) is 0 Å². The number of amides is 1. The van der Waals surface area contributed by atoms with Crippen LogP contribution in [0.4, 0.5) is 4.39 Å². The molecule has 2 nitrogen and oxygen atoms in total. The van der Waals surface area contributed by atoms with Gasteiger partial charge in [0.1, 0.15) is 5.82 Å². The molecule has 1 aliphatic heterocycles. The minimum atomic E-state index is -0.346. The van der Waals surface area contributed by atoms with Crippen molar-refractivity contribution < 1.29 is 9.18 Å². The molecular weight excluding hydrogens is 357 g/mol. The van der Waals surface area contributed by atoms with Gasteiger partial charge in [-0.15, -0.1) is 0 Å². The van der Waals surface area contributed by atoms with Crippen LogP contribution in [0.15, 0.2) is 34.8 Å². The summed E-state index contributed by atoms with van der Waals surface area (Å²) in [4.78, 5) is 14.1. The Kier molecular flexibility index (Phi) is 3.76. The Labute approximate surface area is 135 Å². The summed E-state index contributed by atoms with van der Waals surface area (Å²) >= 11 is 9.33. The van der Waals surface area contributed by atoms with Gasteiger partial charge in [-0.3, -0.25) is 4.79 Å². The molecule has 1 aliphatic rings. The molecule has 0 aromatic heterocycles. The highest BCUT2D eigenvalue weighted by Gasteiger charge is 2.29. The predicted molar refractivity (Wildman–Crippen MR) is 83.9 cm³/mol. The first-order valence-corrected chi connectivity index (χ1v) is 7.65. The Hall–Kier alpha value is -1.39. The predicted octanol–water partition coefficient (Wildman–Crippen LogP) is 4.71. The van der Waals surface area contributed by atoms with E-state index in [4.69, 9.17) is 11.6 Å². The van der Waals surface area contributed by atoms with Crippen LogP contribution in [0.5, 0.6) is 0 Å². The summed E-state index contributed by atoms with van der Waals surface area (Å²) in [6.07, 6.45) is 0. The van der Waals surface area contributed by atoms with Crippen molar-refractivity contribution in [1.29, 1.82) is 0 Å². The molecule has 0 saturated carbocycles. The Morgan fingerprint density at radius 3 is 2.86 bits per heavy atom. The van der Waals surface area contributed by atoms with Gasteiger partial charge >= 0.3 is 0 Å². The number of carbonyl (C=O) groups is 1.